The van der Waals surface area contributed by atoms with E-state index in [-0.39, 0.29) is 23.1 Å². The van der Waals surface area contributed by atoms with E-state index in [0.29, 0.717) is 19.0 Å². The fraction of sp³-hybridized carbons (Fsp3) is 0.636. The number of benzene rings is 1. The van der Waals surface area contributed by atoms with Crippen LogP contribution in [0.4, 0.5) is 5.69 Å². The number of amides is 2. The van der Waals surface area contributed by atoms with Gasteiger partial charge in [0.05, 0.1) is 5.92 Å². The summed E-state index contributed by atoms with van der Waals surface area (Å²) in [7, 11) is 0. The Bertz CT molecular complexity index is 637. The van der Waals surface area contributed by atoms with Crippen LogP contribution in [0.1, 0.15) is 71.3 Å². The van der Waals surface area contributed by atoms with Gasteiger partial charge in [-0.2, -0.15) is 0 Å². The van der Waals surface area contributed by atoms with Gasteiger partial charge in [-0.15, -0.1) is 0 Å². The Kier molecular flexibility index (Phi) is 5.69. The Labute approximate surface area is 157 Å². The first-order valence-corrected chi connectivity index (χ1v) is 10.1. The maximum atomic E-state index is 12.6. The summed E-state index contributed by atoms with van der Waals surface area (Å²) in [6.45, 7) is 7.10. The first kappa shape index (κ1) is 18.9. The van der Waals surface area contributed by atoms with Gasteiger partial charge in [-0.3, -0.25) is 9.59 Å². The van der Waals surface area contributed by atoms with Gasteiger partial charge in [0.2, 0.25) is 11.8 Å². The van der Waals surface area contributed by atoms with E-state index in [1.54, 1.807) is 0 Å². The molecule has 2 amide bonds. The second-order valence-corrected chi connectivity index (χ2v) is 8.91. The van der Waals surface area contributed by atoms with Gasteiger partial charge < -0.3 is 10.2 Å². The van der Waals surface area contributed by atoms with E-state index in [2.05, 4.69) is 38.2 Å². The fourth-order valence-electron chi connectivity index (χ4n) is 4.13. The lowest BCUT2D eigenvalue weighted by molar-refractivity contribution is -0.130. The molecule has 4 heteroatoms. The highest BCUT2D eigenvalue weighted by molar-refractivity contribution is 5.97. The van der Waals surface area contributed by atoms with Crippen molar-refractivity contribution in [3.05, 3.63) is 29.8 Å². The number of hydrogen-bond acceptors (Lipinski definition) is 2. The van der Waals surface area contributed by atoms with Gasteiger partial charge in [0.25, 0.3) is 0 Å². The number of carbonyl (C=O) groups is 2. The summed E-state index contributed by atoms with van der Waals surface area (Å²) < 4.78 is 0. The highest BCUT2D eigenvalue weighted by Gasteiger charge is 2.37. The highest BCUT2D eigenvalue weighted by Crippen LogP contribution is 2.29. The molecule has 2 aliphatic rings. The van der Waals surface area contributed by atoms with Crippen molar-refractivity contribution in [2.45, 2.75) is 77.2 Å². The largest absolute Gasteiger partial charge is 0.339 e. The minimum atomic E-state index is -0.229. The predicted molar refractivity (Wildman–Crippen MR) is 105 cm³/mol. The second-order valence-electron chi connectivity index (χ2n) is 8.91. The van der Waals surface area contributed by atoms with Crippen molar-refractivity contribution in [3.8, 4) is 0 Å². The van der Waals surface area contributed by atoms with Crippen molar-refractivity contribution < 1.29 is 9.59 Å². The Morgan fingerprint density at radius 3 is 2.23 bits per heavy atom. The molecule has 1 heterocycles. The van der Waals surface area contributed by atoms with E-state index in [4.69, 9.17) is 0 Å². The molecule has 26 heavy (non-hydrogen) atoms. The van der Waals surface area contributed by atoms with Gasteiger partial charge in [0.1, 0.15) is 0 Å². The van der Waals surface area contributed by atoms with Gasteiger partial charge >= 0.3 is 0 Å². The molecule has 0 spiro atoms. The van der Waals surface area contributed by atoms with E-state index in [0.717, 1.165) is 18.5 Å². The normalized spacial score (nSPS) is 22.3. The Morgan fingerprint density at radius 1 is 1.04 bits per heavy atom. The zero-order valence-corrected chi connectivity index (χ0v) is 16.4. The van der Waals surface area contributed by atoms with Crippen LogP contribution in [-0.4, -0.2) is 29.3 Å². The minimum Gasteiger partial charge on any atom is -0.339 e. The quantitative estimate of drug-likeness (QED) is 0.811. The summed E-state index contributed by atoms with van der Waals surface area (Å²) in [6.07, 6.45) is 7.47. The first-order valence-electron chi connectivity index (χ1n) is 10.1. The molecule has 1 unspecified atom stereocenters. The van der Waals surface area contributed by atoms with Crippen LogP contribution in [0, 0.1) is 5.92 Å². The molecule has 0 aromatic heterocycles. The van der Waals surface area contributed by atoms with Crippen LogP contribution in [0.15, 0.2) is 24.3 Å². The molecular formula is C22H32N2O2. The van der Waals surface area contributed by atoms with Gasteiger partial charge in [-0.1, -0.05) is 58.6 Å². The standard InChI is InChI=1S/C22H32N2O2/c1-22(2,3)17-10-12-18(13-11-17)23-21(26)16-14-20(25)24(15-16)19-8-6-4-5-7-9-19/h10-13,16,19H,4-9,14-15H2,1-3H3,(H,23,26). The average molecular weight is 357 g/mol. The zero-order chi connectivity index (χ0) is 18.7. The summed E-state index contributed by atoms with van der Waals surface area (Å²) in [4.78, 5) is 27.1. The van der Waals surface area contributed by atoms with Crippen molar-refractivity contribution in [1.29, 1.82) is 0 Å². The molecule has 142 valence electrons. The molecule has 1 saturated carbocycles. The number of likely N-dealkylation sites (tertiary alicyclic amines) is 1. The van der Waals surface area contributed by atoms with E-state index in [1.807, 2.05) is 17.0 Å². The predicted octanol–water partition coefficient (Wildman–Crippen LogP) is 4.49. The summed E-state index contributed by atoms with van der Waals surface area (Å²) >= 11 is 0. The molecule has 0 bridgehead atoms. The van der Waals surface area contributed by atoms with Gasteiger partial charge in [-0.05, 0) is 36.0 Å². The summed E-state index contributed by atoms with van der Waals surface area (Å²) in [5.74, 6) is -0.105. The summed E-state index contributed by atoms with van der Waals surface area (Å²) in [5.41, 5.74) is 2.15. The third-order valence-corrected chi connectivity index (χ3v) is 5.81. The van der Waals surface area contributed by atoms with Crippen LogP contribution >= 0.6 is 0 Å². The molecule has 1 saturated heterocycles. The van der Waals surface area contributed by atoms with Crippen LogP contribution in [0.3, 0.4) is 0 Å². The van der Waals surface area contributed by atoms with E-state index in [9.17, 15) is 9.59 Å². The molecule has 3 rings (SSSR count). The van der Waals surface area contributed by atoms with Gasteiger partial charge in [0, 0.05) is 24.7 Å². The number of hydrogen-bond donors (Lipinski definition) is 1. The van der Waals surface area contributed by atoms with Crippen LogP contribution in [0.25, 0.3) is 0 Å². The number of anilines is 1. The molecular weight excluding hydrogens is 324 g/mol. The lowest BCUT2D eigenvalue weighted by Gasteiger charge is -2.27. The highest BCUT2D eigenvalue weighted by atomic mass is 16.2. The zero-order valence-electron chi connectivity index (χ0n) is 16.4. The van der Waals surface area contributed by atoms with Crippen LogP contribution in [-0.2, 0) is 15.0 Å². The van der Waals surface area contributed by atoms with Crippen LogP contribution in [0.5, 0.6) is 0 Å². The smallest absolute Gasteiger partial charge is 0.229 e. The van der Waals surface area contributed by atoms with Crippen LogP contribution < -0.4 is 5.32 Å². The lowest BCUT2D eigenvalue weighted by atomic mass is 9.87. The molecule has 1 atom stereocenters. The first-order chi connectivity index (χ1) is 12.3. The van der Waals surface area contributed by atoms with Crippen molar-refractivity contribution in [3.63, 3.8) is 0 Å². The maximum absolute atomic E-state index is 12.6. The third-order valence-electron chi connectivity index (χ3n) is 5.81. The fourth-order valence-corrected chi connectivity index (χ4v) is 4.13. The third kappa shape index (κ3) is 4.46. The molecule has 1 aliphatic heterocycles. The van der Waals surface area contributed by atoms with Crippen molar-refractivity contribution in [2.24, 2.45) is 5.92 Å². The molecule has 4 nitrogen and oxygen atoms in total. The molecule has 1 aromatic carbocycles. The molecule has 1 N–H and O–H groups in total. The van der Waals surface area contributed by atoms with E-state index < -0.39 is 0 Å². The molecule has 1 aromatic rings. The van der Waals surface area contributed by atoms with E-state index in [1.165, 1.54) is 31.2 Å². The molecule has 0 radical (unpaired) electrons. The van der Waals surface area contributed by atoms with Crippen molar-refractivity contribution >= 4 is 17.5 Å². The number of nitrogens with zero attached hydrogens (tertiary/aromatic N) is 1. The number of nitrogens with one attached hydrogen (secondary N) is 1. The van der Waals surface area contributed by atoms with Crippen molar-refractivity contribution in [2.75, 3.05) is 11.9 Å². The Balaban J connectivity index is 1.59. The van der Waals surface area contributed by atoms with Crippen LogP contribution in [0.2, 0.25) is 0 Å². The monoisotopic (exact) mass is 356 g/mol. The lowest BCUT2D eigenvalue weighted by Crippen LogP contribution is -2.37. The summed E-state index contributed by atoms with van der Waals surface area (Å²) in [5, 5.41) is 3.00. The van der Waals surface area contributed by atoms with Crippen molar-refractivity contribution in [1.82, 2.24) is 4.90 Å². The average Bonchev–Trinajstić information content (AvgIpc) is 2.80. The maximum Gasteiger partial charge on any atom is 0.229 e. The summed E-state index contributed by atoms with van der Waals surface area (Å²) in [6, 6.07) is 8.38. The van der Waals surface area contributed by atoms with E-state index >= 15 is 0 Å². The van der Waals surface area contributed by atoms with Gasteiger partial charge in [0.15, 0.2) is 0 Å². The minimum absolute atomic E-state index is 0.0296. The Morgan fingerprint density at radius 2 is 1.65 bits per heavy atom. The number of rotatable bonds is 3. The Hall–Kier alpha value is -1.84. The SMILES string of the molecule is CC(C)(C)c1ccc(NC(=O)C2CC(=O)N(C3CCCCCC3)C2)cc1. The molecule has 2 fully saturated rings. The number of carbonyl (C=O) groups excluding carboxylic acids is 2. The van der Waals surface area contributed by atoms with Gasteiger partial charge in [-0.25, -0.2) is 0 Å². The topological polar surface area (TPSA) is 49.4 Å². The molecule has 1 aliphatic carbocycles. The second kappa shape index (κ2) is 7.81.